The van der Waals surface area contributed by atoms with Crippen LogP contribution < -0.4 is 10.6 Å². The lowest BCUT2D eigenvalue weighted by Gasteiger charge is -2.34. The van der Waals surface area contributed by atoms with Gasteiger partial charge in [-0.3, -0.25) is 4.79 Å². The van der Waals surface area contributed by atoms with Gasteiger partial charge in [-0.05, 0) is 19.3 Å². The Balaban J connectivity index is 2.36. The molecule has 1 atom stereocenters. The highest BCUT2D eigenvalue weighted by Gasteiger charge is 2.31. The first kappa shape index (κ1) is 16.2. The molecule has 0 aliphatic carbocycles. The number of hydrogen-bond donors (Lipinski definition) is 3. The van der Waals surface area contributed by atoms with Crippen LogP contribution >= 0.6 is 0 Å². The summed E-state index contributed by atoms with van der Waals surface area (Å²) in [5, 5.41) is 13.6. The van der Waals surface area contributed by atoms with Crippen LogP contribution in [-0.2, 0) is 14.3 Å². The van der Waals surface area contributed by atoms with Crippen LogP contribution in [0.15, 0.2) is 0 Å². The molecule has 8 heteroatoms. The highest BCUT2D eigenvalue weighted by Crippen LogP contribution is 2.17. The van der Waals surface area contributed by atoms with Crippen LogP contribution in [0.25, 0.3) is 0 Å². The first-order valence-electron chi connectivity index (χ1n) is 6.62. The van der Waals surface area contributed by atoms with Gasteiger partial charge >= 0.3 is 12.0 Å². The van der Waals surface area contributed by atoms with Gasteiger partial charge in [0.15, 0.2) is 0 Å². The molecule has 0 saturated carbocycles. The maximum atomic E-state index is 12.0. The van der Waals surface area contributed by atoms with E-state index in [0.717, 1.165) is 12.8 Å². The highest BCUT2D eigenvalue weighted by molar-refractivity contribution is 5.87. The van der Waals surface area contributed by atoms with Crippen molar-refractivity contribution in [1.29, 1.82) is 0 Å². The monoisotopic (exact) mass is 287 g/mol. The van der Waals surface area contributed by atoms with Crippen LogP contribution in [0.3, 0.4) is 0 Å². The SMILES string of the molecule is CNC(=O)C1CCCCN1C(=O)NCCOCC(=O)O. The fraction of sp³-hybridized carbons (Fsp3) is 0.750. The molecule has 1 rings (SSSR count). The molecule has 1 unspecified atom stereocenters. The predicted molar refractivity (Wildman–Crippen MR) is 70.3 cm³/mol. The average Bonchev–Trinajstić information content (AvgIpc) is 2.45. The topological polar surface area (TPSA) is 108 Å². The number of piperidine rings is 1. The van der Waals surface area contributed by atoms with Crippen molar-refractivity contribution in [3.05, 3.63) is 0 Å². The summed E-state index contributed by atoms with van der Waals surface area (Å²) in [5.74, 6) is -1.21. The molecule has 1 aliphatic rings. The van der Waals surface area contributed by atoms with E-state index in [4.69, 9.17) is 9.84 Å². The number of nitrogens with one attached hydrogen (secondary N) is 2. The molecule has 3 N–H and O–H groups in total. The summed E-state index contributed by atoms with van der Waals surface area (Å²) in [6.45, 7) is 0.486. The molecular weight excluding hydrogens is 266 g/mol. The minimum absolute atomic E-state index is 0.122. The van der Waals surface area contributed by atoms with E-state index in [-0.39, 0.29) is 31.7 Å². The zero-order chi connectivity index (χ0) is 15.0. The number of urea groups is 1. The lowest BCUT2D eigenvalue weighted by atomic mass is 10.0. The second-order valence-corrected chi connectivity index (χ2v) is 4.50. The standard InChI is InChI=1S/C12H21N3O5/c1-13-11(18)9-4-2-3-6-15(9)12(19)14-5-7-20-8-10(16)17/h9H,2-8H2,1H3,(H,13,18)(H,14,19)(H,16,17). The van der Waals surface area contributed by atoms with Gasteiger partial charge < -0.3 is 25.4 Å². The largest absolute Gasteiger partial charge is 0.480 e. The Hall–Kier alpha value is -1.83. The highest BCUT2D eigenvalue weighted by atomic mass is 16.5. The number of rotatable bonds is 6. The number of carbonyl (C=O) groups is 3. The minimum atomic E-state index is -1.05. The van der Waals surface area contributed by atoms with E-state index in [1.54, 1.807) is 7.05 Å². The van der Waals surface area contributed by atoms with Crippen molar-refractivity contribution in [3.63, 3.8) is 0 Å². The van der Waals surface area contributed by atoms with Gasteiger partial charge in [-0.15, -0.1) is 0 Å². The number of ether oxygens (including phenoxy) is 1. The van der Waals surface area contributed by atoms with Crippen LogP contribution in [0.2, 0.25) is 0 Å². The van der Waals surface area contributed by atoms with Crippen LogP contribution in [0.1, 0.15) is 19.3 Å². The lowest BCUT2D eigenvalue weighted by molar-refractivity contribution is -0.142. The number of aliphatic carboxylic acids is 1. The van der Waals surface area contributed by atoms with Crippen molar-refractivity contribution < 1.29 is 24.2 Å². The summed E-state index contributed by atoms with van der Waals surface area (Å²) in [4.78, 5) is 35.4. The van der Waals surface area contributed by atoms with Gasteiger partial charge in [0.05, 0.1) is 6.61 Å². The summed E-state index contributed by atoms with van der Waals surface area (Å²) in [7, 11) is 1.55. The second-order valence-electron chi connectivity index (χ2n) is 4.50. The zero-order valence-electron chi connectivity index (χ0n) is 11.6. The molecule has 0 aromatic rings. The molecular formula is C12H21N3O5. The zero-order valence-corrected chi connectivity index (χ0v) is 11.6. The first-order valence-corrected chi connectivity index (χ1v) is 6.62. The molecule has 0 bridgehead atoms. The van der Waals surface area contributed by atoms with Gasteiger partial charge in [-0.1, -0.05) is 0 Å². The normalized spacial score (nSPS) is 18.4. The third kappa shape index (κ3) is 5.04. The summed E-state index contributed by atoms with van der Waals surface area (Å²) < 4.78 is 4.82. The summed E-state index contributed by atoms with van der Waals surface area (Å²) in [6.07, 6.45) is 2.45. The van der Waals surface area contributed by atoms with Crippen LogP contribution in [0.5, 0.6) is 0 Å². The Morgan fingerprint density at radius 3 is 2.75 bits per heavy atom. The van der Waals surface area contributed by atoms with E-state index >= 15 is 0 Å². The molecule has 1 fully saturated rings. The number of amides is 3. The predicted octanol–water partition coefficient (Wildman–Crippen LogP) is -0.602. The summed E-state index contributed by atoms with van der Waals surface area (Å²) in [5.41, 5.74) is 0. The number of likely N-dealkylation sites (N-methyl/N-ethyl adjacent to an activating group) is 1. The summed E-state index contributed by atoms with van der Waals surface area (Å²) in [6, 6.07) is -0.758. The Kier molecular flexibility index (Phi) is 6.78. The Morgan fingerprint density at radius 1 is 1.35 bits per heavy atom. The fourth-order valence-corrected chi connectivity index (χ4v) is 2.10. The molecule has 0 aromatic heterocycles. The van der Waals surface area contributed by atoms with Gasteiger partial charge in [-0.2, -0.15) is 0 Å². The number of likely N-dealkylation sites (tertiary alicyclic amines) is 1. The van der Waals surface area contributed by atoms with Gasteiger partial charge in [0.2, 0.25) is 5.91 Å². The molecule has 1 heterocycles. The Morgan fingerprint density at radius 2 is 2.10 bits per heavy atom. The smallest absolute Gasteiger partial charge is 0.329 e. The molecule has 1 aliphatic heterocycles. The fourth-order valence-electron chi connectivity index (χ4n) is 2.10. The van der Waals surface area contributed by atoms with Crippen LogP contribution in [-0.4, -0.2) is 67.3 Å². The second kappa shape index (κ2) is 8.36. The third-order valence-electron chi connectivity index (χ3n) is 3.06. The number of carbonyl (C=O) groups excluding carboxylic acids is 2. The van der Waals surface area contributed by atoms with Crippen LogP contribution in [0.4, 0.5) is 4.79 Å². The lowest BCUT2D eigenvalue weighted by Crippen LogP contribution is -2.54. The molecule has 0 spiro atoms. The van der Waals surface area contributed by atoms with Crippen molar-refractivity contribution in [1.82, 2.24) is 15.5 Å². The maximum absolute atomic E-state index is 12.0. The molecule has 0 radical (unpaired) electrons. The van der Waals surface area contributed by atoms with Crippen molar-refractivity contribution >= 4 is 17.9 Å². The van der Waals surface area contributed by atoms with Gasteiger partial charge in [0.25, 0.3) is 0 Å². The Bertz CT molecular complexity index is 361. The molecule has 114 valence electrons. The van der Waals surface area contributed by atoms with Crippen LogP contribution in [0, 0.1) is 0 Å². The number of hydrogen-bond acceptors (Lipinski definition) is 4. The summed E-state index contributed by atoms with van der Waals surface area (Å²) >= 11 is 0. The molecule has 3 amide bonds. The number of carboxylic acid groups (broad SMARTS) is 1. The molecule has 8 nitrogen and oxygen atoms in total. The number of nitrogens with zero attached hydrogens (tertiary/aromatic N) is 1. The van der Waals surface area contributed by atoms with Crippen molar-refractivity contribution in [2.24, 2.45) is 0 Å². The van der Waals surface area contributed by atoms with E-state index < -0.39 is 12.0 Å². The van der Waals surface area contributed by atoms with Gasteiger partial charge in [0, 0.05) is 20.1 Å². The first-order chi connectivity index (χ1) is 9.56. The average molecular weight is 287 g/mol. The molecule has 20 heavy (non-hydrogen) atoms. The molecule has 1 saturated heterocycles. The van der Waals surface area contributed by atoms with Gasteiger partial charge in [0.1, 0.15) is 12.6 Å². The van der Waals surface area contributed by atoms with Gasteiger partial charge in [-0.25, -0.2) is 9.59 Å². The Labute approximate surface area is 117 Å². The van der Waals surface area contributed by atoms with Crippen molar-refractivity contribution in [2.45, 2.75) is 25.3 Å². The van der Waals surface area contributed by atoms with E-state index in [0.29, 0.717) is 13.0 Å². The molecule has 0 aromatic carbocycles. The van der Waals surface area contributed by atoms with E-state index in [9.17, 15) is 14.4 Å². The number of carboxylic acids is 1. The third-order valence-corrected chi connectivity index (χ3v) is 3.06. The quantitative estimate of drug-likeness (QED) is 0.565. The van der Waals surface area contributed by atoms with E-state index in [1.807, 2.05) is 0 Å². The minimum Gasteiger partial charge on any atom is -0.480 e. The van der Waals surface area contributed by atoms with E-state index in [1.165, 1.54) is 4.90 Å². The van der Waals surface area contributed by atoms with Crippen molar-refractivity contribution in [3.8, 4) is 0 Å². The van der Waals surface area contributed by atoms with Crippen molar-refractivity contribution in [2.75, 3.05) is 33.4 Å². The maximum Gasteiger partial charge on any atom is 0.329 e. The van der Waals surface area contributed by atoms with E-state index in [2.05, 4.69) is 10.6 Å².